The van der Waals surface area contributed by atoms with Gasteiger partial charge < -0.3 is 5.11 Å². The van der Waals surface area contributed by atoms with Crippen molar-refractivity contribution < 1.29 is 18.3 Å². The molecule has 1 aliphatic heterocycles. The zero-order chi connectivity index (χ0) is 34.0. The van der Waals surface area contributed by atoms with E-state index < -0.39 is 18.2 Å². The number of hydrogen-bond acceptors (Lipinski definition) is 2. The highest BCUT2D eigenvalue weighted by molar-refractivity contribution is 5.06. The van der Waals surface area contributed by atoms with Crippen LogP contribution in [0.3, 0.4) is 0 Å². The van der Waals surface area contributed by atoms with Gasteiger partial charge in [-0.3, -0.25) is 4.90 Å². The Kier molecular flexibility index (Phi) is 12.9. The minimum Gasteiger partial charge on any atom is -0.393 e. The van der Waals surface area contributed by atoms with Crippen LogP contribution in [0.2, 0.25) is 0 Å². The van der Waals surface area contributed by atoms with Crippen molar-refractivity contribution in [2.75, 3.05) is 7.05 Å². The maximum Gasteiger partial charge on any atom is 0.392 e. The fraction of sp³-hybridized carbons (Fsp3) is 1.00. The van der Waals surface area contributed by atoms with Crippen LogP contribution in [0, 0.1) is 71.0 Å². The lowest BCUT2D eigenvalue weighted by Gasteiger charge is -2.59. The summed E-state index contributed by atoms with van der Waals surface area (Å²) < 4.78 is 43.4. The van der Waals surface area contributed by atoms with Crippen LogP contribution >= 0.6 is 0 Å². The summed E-state index contributed by atoms with van der Waals surface area (Å²) in [5.74, 6) is 5.15. The maximum absolute atomic E-state index is 14.5. The average molecular weight is 678 g/mol. The molecule has 0 spiro atoms. The lowest BCUT2D eigenvalue weighted by atomic mass is 9.61. The van der Waals surface area contributed by atoms with E-state index in [0.29, 0.717) is 36.6 Å². The Bertz CT molecular complexity index is 978. The largest absolute Gasteiger partial charge is 0.393 e. The third-order valence-corrected chi connectivity index (χ3v) is 16.3. The van der Waals surface area contributed by atoms with E-state index in [9.17, 15) is 18.3 Å². The van der Waals surface area contributed by atoms with Crippen LogP contribution in [0.5, 0.6) is 0 Å². The summed E-state index contributed by atoms with van der Waals surface area (Å²) in [7, 11) is 2.39. The second kappa shape index (κ2) is 16.6. The number of halogens is 3. The Morgan fingerprint density at radius 3 is 2.04 bits per heavy atom. The van der Waals surface area contributed by atoms with Gasteiger partial charge in [0.05, 0.1) is 12.0 Å². The Morgan fingerprint density at radius 1 is 0.667 bits per heavy atom. The minimum absolute atomic E-state index is 0.0168. The first-order valence-electron chi connectivity index (χ1n) is 21.5. The lowest BCUT2D eigenvalue weighted by Crippen LogP contribution is -2.65. The average Bonchev–Trinajstić information content (AvgIpc) is 3.42. The number of fused-ring (bicyclic) bond motifs is 1. The third-order valence-electron chi connectivity index (χ3n) is 16.3. The monoisotopic (exact) mass is 678 g/mol. The molecule has 0 aromatic rings. The van der Waals surface area contributed by atoms with E-state index in [4.69, 9.17) is 0 Å². The second-order valence-corrected chi connectivity index (χ2v) is 19.1. The van der Waals surface area contributed by atoms with Crippen molar-refractivity contribution in [2.45, 2.75) is 193 Å². The quantitative estimate of drug-likeness (QED) is 0.235. The Labute approximate surface area is 293 Å². The highest BCUT2D eigenvalue weighted by atomic mass is 19.4. The molecule has 0 amide bonds. The number of aliphatic hydroxyl groups is 1. The SMILES string of the molecule is CCCC1CCC(CC2CCC3C(CC2)N(C)C3C2CC(C(O)CC3CCC(CC4CCC(CC)CC4)C(C(F)(F)F)C3)CCC2C)C1. The molecule has 6 aliphatic rings. The van der Waals surface area contributed by atoms with Crippen molar-refractivity contribution in [3.8, 4) is 0 Å². The summed E-state index contributed by atoms with van der Waals surface area (Å²) in [5, 5.41) is 11.6. The molecule has 13 unspecified atom stereocenters. The molecule has 5 saturated carbocycles. The summed E-state index contributed by atoms with van der Waals surface area (Å²) in [6.07, 6.45) is 22.0. The van der Waals surface area contributed by atoms with Crippen LogP contribution < -0.4 is 0 Å². The van der Waals surface area contributed by atoms with Gasteiger partial charge in [-0.15, -0.1) is 0 Å². The summed E-state index contributed by atoms with van der Waals surface area (Å²) >= 11 is 0. The van der Waals surface area contributed by atoms with Gasteiger partial charge in [-0.1, -0.05) is 97.8 Å². The van der Waals surface area contributed by atoms with Gasteiger partial charge in [0.1, 0.15) is 0 Å². The fourth-order valence-electron chi connectivity index (χ4n) is 13.4. The van der Waals surface area contributed by atoms with Crippen molar-refractivity contribution in [3.63, 3.8) is 0 Å². The minimum atomic E-state index is -4.11. The summed E-state index contributed by atoms with van der Waals surface area (Å²) in [4.78, 5) is 2.74. The van der Waals surface area contributed by atoms with Crippen molar-refractivity contribution in [2.24, 2.45) is 71.0 Å². The molecule has 1 saturated heterocycles. The molecule has 0 radical (unpaired) electrons. The summed E-state index contributed by atoms with van der Waals surface area (Å²) in [5.41, 5.74) is 0. The molecule has 5 heteroatoms. The molecule has 6 fully saturated rings. The Balaban J connectivity index is 0.995. The number of rotatable bonds is 11. The molecule has 0 aromatic heterocycles. The van der Waals surface area contributed by atoms with Crippen LogP contribution in [0.25, 0.3) is 0 Å². The van der Waals surface area contributed by atoms with Crippen LogP contribution in [0.1, 0.15) is 168 Å². The maximum atomic E-state index is 14.5. The highest BCUT2D eigenvalue weighted by Gasteiger charge is 2.53. The van der Waals surface area contributed by atoms with E-state index in [-0.39, 0.29) is 24.2 Å². The van der Waals surface area contributed by atoms with E-state index in [1.807, 2.05) is 0 Å². The van der Waals surface area contributed by atoms with Gasteiger partial charge in [-0.2, -0.15) is 13.2 Å². The van der Waals surface area contributed by atoms with Crippen molar-refractivity contribution in [3.05, 3.63) is 0 Å². The van der Waals surface area contributed by atoms with Crippen molar-refractivity contribution >= 4 is 0 Å². The van der Waals surface area contributed by atoms with E-state index in [0.717, 1.165) is 80.6 Å². The number of hydrogen-bond donors (Lipinski definition) is 1. The van der Waals surface area contributed by atoms with Gasteiger partial charge in [-0.25, -0.2) is 0 Å². The van der Waals surface area contributed by atoms with E-state index in [1.165, 1.54) is 83.5 Å². The molecule has 278 valence electrons. The standard InChI is InChI=1S/C43H74F3NO/c1-5-7-30-13-14-33(22-30)23-31-16-20-37-40(21-17-31)47(4)42(37)38-27-36(18-8-28(38)3)41(48)26-34-15-19-35(39(25-34)43(44,45)46)24-32-11-9-29(6-2)10-12-32/h28-42,48H,5-27H2,1-4H3. The van der Waals surface area contributed by atoms with Crippen molar-refractivity contribution in [1.29, 1.82) is 0 Å². The molecule has 1 N–H and O–H groups in total. The molecule has 2 nitrogen and oxygen atoms in total. The number of likely N-dealkylation sites (tertiary alicyclic amines) is 1. The topological polar surface area (TPSA) is 23.5 Å². The number of alkyl halides is 3. The Hall–Kier alpha value is -0.290. The molecule has 6 rings (SSSR count). The van der Waals surface area contributed by atoms with Gasteiger partial charge in [0.2, 0.25) is 0 Å². The molecular formula is C43H74F3NO. The highest BCUT2D eigenvalue weighted by Crippen LogP contribution is 2.53. The van der Waals surface area contributed by atoms with E-state index in [1.54, 1.807) is 0 Å². The first-order chi connectivity index (χ1) is 23.0. The predicted octanol–water partition coefficient (Wildman–Crippen LogP) is 12.1. The van der Waals surface area contributed by atoms with Crippen molar-refractivity contribution in [1.82, 2.24) is 4.90 Å². The second-order valence-electron chi connectivity index (χ2n) is 19.1. The van der Waals surface area contributed by atoms with Crippen LogP contribution in [-0.4, -0.2) is 41.4 Å². The molecule has 13 atom stereocenters. The van der Waals surface area contributed by atoms with Crippen LogP contribution in [0.4, 0.5) is 13.2 Å². The first-order valence-corrected chi connectivity index (χ1v) is 21.5. The smallest absolute Gasteiger partial charge is 0.392 e. The van der Waals surface area contributed by atoms with E-state index >= 15 is 0 Å². The van der Waals surface area contributed by atoms with Gasteiger partial charge in [0, 0.05) is 12.1 Å². The molecule has 0 bridgehead atoms. The third kappa shape index (κ3) is 8.83. The predicted molar refractivity (Wildman–Crippen MR) is 192 cm³/mol. The molecule has 1 heterocycles. The molecule has 48 heavy (non-hydrogen) atoms. The zero-order valence-corrected chi connectivity index (χ0v) is 31.5. The van der Waals surface area contributed by atoms with Gasteiger partial charge in [0.25, 0.3) is 0 Å². The zero-order valence-electron chi connectivity index (χ0n) is 31.5. The van der Waals surface area contributed by atoms with Gasteiger partial charge in [-0.05, 0) is 143 Å². The fourth-order valence-corrected chi connectivity index (χ4v) is 13.4. The van der Waals surface area contributed by atoms with Gasteiger partial charge >= 0.3 is 6.18 Å². The normalized spacial score (nSPS) is 45.2. The number of aliphatic hydroxyl groups excluding tert-OH is 1. The Morgan fingerprint density at radius 2 is 1.31 bits per heavy atom. The molecule has 5 aliphatic carbocycles. The first kappa shape index (κ1) is 37.5. The van der Waals surface area contributed by atoms with Gasteiger partial charge in [0.15, 0.2) is 0 Å². The van der Waals surface area contributed by atoms with E-state index in [2.05, 4.69) is 32.7 Å². The summed E-state index contributed by atoms with van der Waals surface area (Å²) in [6.45, 7) is 7.04. The molecule has 0 aromatic carbocycles. The molecular weight excluding hydrogens is 603 g/mol. The lowest BCUT2D eigenvalue weighted by molar-refractivity contribution is -0.204. The van der Waals surface area contributed by atoms with Crippen LogP contribution in [-0.2, 0) is 0 Å². The summed E-state index contributed by atoms with van der Waals surface area (Å²) in [6, 6.07) is 1.38. The number of nitrogens with zero attached hydrogens (tertiary/aromatic N) is 1. The van der Waals surface area contributed by atoms with Crippen LogP contribution in [0.15, 0.2) is 0 Å².